The van der Waals surface area contributed by atoms with E-state index < -0.39 is 29.3 Å². The van der Waals surface area contributed by atoms with E-state index in [0.29, 0.717) is 0 Å². The second kappa shape index (κ2) is 5.19. The summed E-state index contributed by atoms with van der Waals surface area (Å²) in [6, 6.07) is 0.787. The van der Waals surface area contributed by atoms with Crippen LogP contribution in [0.1, 0.15) is 41.6 Å². The van der Waals surface area contributed by atoms with E-state index in [4.69, 9.17) is 9.52 Å². The normalized spacial score (nSPS) is 11.9. The van der Waals surface area contributed by atoms with Crippen molar-refractivity contribution in [3.63, 3.8) is 0 Å². The number of alkyl halides is 3. The number of oxazole rings is 1. The van der Waals surface area contributed by atoms with E-state index in [-0.39, 0.29) is 17.2 Å². The van der Waals surface area contributed by atoms with E-state index in [1.807, 2.05) is 0 Å². The van der Waals surface area contributed by atoms with Gasteiger partial charge in [-0.05, 0) is 6.07 Å². The molecule has 0 atom stereocenters. The topological polar surface area (TPSA) is 76.2 Å². The van der Waals surface area contributed by atoms with Crippen LogP contribution < -0.4 is 0 Å². The molecule has 21 heavy (non-hydrogen) atoms. The highest BCUT2D eigenvalue weighted by atomic mass is 19.4. The Labute approximate surface area is 117 Å². The van der Waals surface area contributed by atoms with Crippen molar-refractivity contribution >= 4 is 5.97 Å². The maximum absolute atomic E-state index is 12.9. The number of rotatable bonds is 3. The molecule has 0 radical (unpaired) electrons. The Balaban J connectivity index is 2.64. The van der Waals surface area contributed by atoms with Crippen LogP contribution in [0, 0.1) is 0 Å². The first-order valence-corrected chi connectivity index (χ1v) is 5.97. The third-order valence-electron chi connectivity index (χ3n) is 2.74. The molecular weight excluding hydrogens is 289 g/mol. The first-order valence-electron chi connectivity index (χ1n) is 5.97. The maximum atomic E-state index is 12.9. The molecule has 0 saturated heterocycles. The highest BCUT2D eigenvalue weighted by molar-refractivity contribution is 5.87. The van der Waals surface area contributed by atoms with E-state index in [0.717, 1.165) is 18.5 Å². The van der Waals surface area contributed by atoms with Crippen LogP contribution >= 0.6 is 0 Å². The Morgan fingerprint density at radius 1 is 1.38 bits per heavy atom. The Hall–Kier alpha value is -2.38. The molecule has 2 aromatic rings. The first-order chi connectivity index (χ1) is 9.71. The molecule has 2 aromatic heterocycles. The van der Waals surface area contributed by atoms with E-state index in [9.17, 15) is 18.0 Å². The largest absolute Gasteiger partial charge is 0.476 e. The number of pyridine rings is 1. The van der Waals surface area contributed by atoms with Gasteiger partial charge in [0, 0.05) is 18.3 Å². The lowest BCUT2D eigenvalue weighted by Gasteiger charge is -2.09. The van der Waals surface area contributed by atoms with Crippen molar-refractivity contribution in [1.82, 2.24) is 9.97 Å². The fourth-order valence-electron chi connectivity index (χ4n) is 1.80. The van der Waals surface area contributed by atoms with Crippen LogP contribution in [-0.2, 0) is 6.18 Å². The van der Waals surface area contributed by atoms with E-state index in [2.05, 4.69) is 9.97 Å². The van der Waals surface area contributed by atoms with Gasteiger partial charge in [0.25, 0.3) is 0 Å². The number of aromatic nitrogens is 2. The zero-order chi connectivity index (χ0) is 15.8. The number of hydrogen-bond acceptors (Lipinski definition) is 4. The number of hydrogen-bond donors (Lipinski definition) is 1. The monoisotopic (exact) mass is 300 g/mol. The highest BCUT2D eigenvalue weighted by Crippen LogP contribution is 2.37. The molecule has 2 heterocycles. The van der Waals surface area contributed by atoms with E-state index in [1.165, 1.54) is 0 Å². The summed E-state index contributed by atoms with van der Waals surface area (Å²) in [7, 11) is 0. The highest BCUT2D eigenvalue weighted by Gasteiger charge is 2.35. The Bertz CT molecular complexity index is 678. The molecule has 1 N–H and O–H groups in total. The quantitative estimate of drug-likeness (QED) is 0.937. The Morgan fingerprint density at radius 2 is 2.05 bits per heavy atom. The lowest BCUT2D eigenvalue weighted by atomic mass is 10.1. The summed E-state index contributed by atoms with van der Waals surface area (Å²) in [5.74, 6) is -2.07. The zero-order valence-electron chi connectivity index (χ0n) is 11.1. The van der Waals surface area contributed by atoms with Crippen molar-refractivity contribution in [2.45, 2.75) is 25.9 Å². The van der Waals surface area contributed by atoms with Crippen molar-refractivity contribution in [2.24, 2.45) is 0 Å². The van der Waals surface area contributed by atoms with Gasteiger partial charge in [0.05, 0.1) is 11.1 Å². The molecule has 0 aromatic carbocycles. The average molecular weight is 300 g/mol. The SMILES string of the molecule is CC(C)c1oc(-c2cnccc2C(F)(F)F)nc1C(=O)O. The van der Waals surface area contributed by atoms with Crippen LogP contribution in [0.5, 0.6) is 0 Å². The molecule has 2 rings (SSSR count). The van der Waals surface area contributed by atoms with Gasteiger partial charge in [0.15, 0.2) is 5.69 Å². The molecule has 0 unspecified atom stereocenters. The van der Waals surface area contributed by atoms with Gasteiger partial charge in [0.1, 0.15) is 5.76 Å². The predicted molar refractivity (Wildman–Crippen MR) is 65.8 cm³/mol. The molecule has 112 valence electrons. The number of nitrogens with zero attached hydrogens (tertiary/aromatic N) is 2. The molecule has 0 aliphatic carbocycles. The lowest BCUT2D eigenvalue weighted by Crippen LogP contribution is -2.07. The second-order valence-corrected chi connectivity index (χ2v) is 4.61. The summed E-state index contributed by atoms with van der Waals surface area (Å²) < 4.78 is 44.1. The van der Waals surface area contributed by atoms with Gasteiger partial charge in [-0.1, -0.05) is 13.8 Å². The maximum Gasteiger partial charge on any atom is 0.417 e. The van der Waals surface area contributed by atoms with Gasteiger partial charge >= 0.3 is 12.1 Å². The minimum atomic E-state index is -4.62. The van der Waals surface area contributed by atoms with Crippen molar-refractivity contribution in [3.8, 4) is 11.5 Å². The van der Waals surface area contributed by atoms with Crippen LogP contribution in [0.15, 0.2) is 22.9 Å². The molecule has 0 fully saturated rings. The summed E-state index contributed by atoms with van der Waals surface area (Å²) in [6.45, 7) is 3.31. The summed E-state index contributed by atoms with van der Waals surface area (Å²) in [5.41, 5.74) is -1.76. The summed E-state index contributed by atoms with van der Waals surface area (Å²) in [6.07, 6.45) is -2.67. The fraction of sp³-hybridized carbons (Fsp3) is 0.308. The Morgan fingerprint density at radius 3 is 2.52 bits per heavy atom. The number of carbonyl (C=O) groups is 1. The molecule has 5 nitrogen and oxygen atoms in total. The Kier molecular flexibility index (Phi) is 3.71. The van der Waals surface area contributed by atoms with Gasteiger partial charge in [-0.3, -0.25) is 4.98 Å². The van der Waals surface area contributed by atoms with E-state index >= 15 is 0 Å². The molecule has 0 saturated carbocycles. The summed E-state index contributed by atoms with van der Waals surface area (Å²) in [4.78, 5) is 18.4. The van der Waals surface area contributed by atoms with Crippen LogP contribution in [-0.4, -0.2) is 21.0 Å². The minimum absolute atomic E-state index is 0.0227. The number of aromatic carboxylic acids is 1. The van der Waals surface area contributed by atoms with E-state index in [1.54, 1.807) is 13.8 Å². The van der Waals surface area contributed by atoms with Crippen LogP contribution in [0.2, 0.25) is 0 Å². The molecule has 0 aliphatic heterocycles. The minimum Gasteiger partial charge on any atom is -0.476 e. The van der Waals surface area contributed by atoms with Crippen molar-refractivity contribution < 1.29 is 27.5 Å². The third kappa shape index (κ3) is 2.88. The van der Waals surface area contributed by atoms with Gasteiger partial charge in [-0.25, -0.2) is 9.78 Å². The number of carboxylic acid groups (broad SMARTS) is 1. The van der Waals surface area contributed by atoms with Crippen LogP contribution in [0.4, 0.5) is 13.2 Å². The summed E-state index contributed by atoms with van der Waals surface area (Å²) >= 11 is 0. The van der Waals surface area contributed by atoms with Gasteiger partial charge in [-0.2, -0.15) is 13.2 Å². The standard InChI is InChI=1S/C13H11F3N2O3/c1-6(2)10-9(12(19)20)18-11(21-10)7-5-17-4-3-8(7)13(14,15)16/h3-6H,1-2H3,(H,19,20). The molecule has 0 bridgehead atoms. The van der Waals surface area contributed by atoms with Crippen LogP contribution in [0.25, 0.3) is 11.5 Å². The molecular formula is C13H11F3N2O3. The van der Waals surface area contributed by atoms with Gasteiger partial charge < -0.3 is 9.52 Å². The van der Waals surface area contributed by atoms with Crippen molar-refractivity contribution in [3.05, 3.63) is 35.5 Å². The van der Waals surface area contributed by atoms with Crippen molar-refractivity contribution in [2.75, 3.05) is 0 Å². The second-order valence-electron chi connectivity index (χ2n) is 4.61. The third-order valence-corrected chi connectivity index (χ3v) is 2.74. The van der Waals surface area contributed by atoms with Crippen molar-refractivity contribution in [1.29, 1.82) is 0 Å². The molecule has 0 aliphatic rings. The molecule has 8 heteroatoms. The first kappa shape index (κ1) is 15.0. The number of carboxylic acids is 1. The average Bonchev–Trinajstić information content (AvgIpc) is 2.83. The van der Waals surface area contributed by atoms with Gasteiger partial charge in [-0.15, -0.1) is 0 Å². The predicted octanol–water partition coefficient (Wildman–Crippen LogP) is 3.58. The molecule has 0 spiro atoms. The zero-order valence-corrected chi connectivity index (χ0v) is 11.1. The van der Waals surface area contributed by atoms with Crippen LogP contribution in [0.3, 0.4) is 0 Å². The van der Waals surface area contributed by atoms with Gasteiger partial charge in [0.2, 0.25) is 5.89 Å². The fourth-order valence-corrected chi connectivity index (χ4v) is 1.80. The smallest absolute Gasteiger partial charge is 0.417 e. The number of halogens is 3. The molecule has 0 amide bonds. The lowest BCUT2D eigenvalue weighted by molar-refractivity contribution is -0.137. The summed E-state index contributed by atoms with van der Waals surface area (Å²) in [5, 5.41) is 9.04.